The Hall–Kier alpha value is -2.40. The van der Waals surface area contributed by atoms with Gasteiger partial charge < -0.3 is 0 Å². The van der Waals surface area contributed by atoms with Gasteiger partial charge in [-0.2, -0.15) is 0 Å². The SMILES string of the molecule is C[C@H](NS(=O)(=O)c1cccc2cccc(Cl)c12)c1ccc2ccccc2c1. The summed E-state index contributed by atoms with van der Waals surface area (Å²) in [6.45, 7) is 1.84. The Balaban J connectivity index is 1.72. The number of nitrogens with one attached hydrogen (secondary N) is 1. The zero-order valence-corrected chi connectivity index (χ0v) is 16.3. The maximum atomic E-state index is 13.1. The quantitative estimate of drug-likeness (QED) is 0.482. The molecule has 0 unspecified atom stereocenters. The molecule has 5 heteroatoms. The van der Waals surface area contributed by atoms with Gasteiger partial charge in [-0.25, -0.2) is 13.1 Å². The molecule has 0 aliphatic heterocycles. The highest BCUT2D eigenvalue weighted by atomic mass is 35.5. The summed E-state index contributed by atoms with van der Waals surface area (Å²) in [6.07, 6.45) is 0. The summed E-state index contributed by atoms with van der Waals surface area (Å²) in [4.78, 5) is 0.193. The normalized spacial score (nSPS) is 13.1. The van der Waals surface area contributed by atoms with Crippen molar-refractivity contribution < 1.29 is 8.42 Å². The molecule has 136 valence electrons. The summed E-state index contributed by atoms with van der Waals surface area (Å²) in [5.41, 5.74) is 0.906. The van der Waals surface area contributed by atoms with E-state index in [2.05, 4.69) is 4.72 Å². The van der Waals surface area contributed by atoms with Crippen LogP contribution in [0.1, 0.15) is 18.5 Å². The second-order valence-electron chi connectivity index (χ2n) is 6.54. The molecule has 3 nitrogen and oxygen atoms in total. The topological polar surface area (TPSA) is 46.2 Å². The van der Waals surface area contributed by atoms with Gasteiger partial charge in [0.05, 0.1) is 4.90 Å². The van der Waals surface area contributed by atoms with Crippen molar-refractivity contribution in [3.8, 4) is 0 Å². The Morgan fingerprint density at radius 2 is 1.48 bits per heavy atom. The molecule has 0 aromatic heterocycles. The minimum absolute atomic E-state index is 0.193. The maximum absolute atomic E-state index is 13.1. The third-order valence-corrected chi connectivity index (χ3v) is 6.61. The van der Waals surface area contributed by atoms with Crippen LogP contribution in [0.4, 0.5) is 0 Å². The molecule has 0 saturated carbocycles. The monoisotopic (exact) mass is 395 g/mol. The number of benzene rings is 4. The van der Waals surface area contributed by atoms with Crippen LogP contribution in [0, 0.1) is 0 Å². The molecule has 0 aliphatic rings. The highest BCUT2D eigenvalue weighted by Crippen LogP contribution is 2.31. The number of hydrogen-bond donors (Lipinski definition) is 1. The molecule has 1 N–H and O–H groups in total. The van der Waals surface area contributed by atoms with Crippen molar-refractivity contribution in [2.75, 3.05) is 0 Å². The lowest BCUT2D eigenvalue weighted by atomic mass is 10.0. The van der Waals surface area contributed by atoms with Gasteiger partial charge in [-0.05, 0) is 46.8 Å². The molecule has 4 rings (SSSR count). The Labute approximate surface area is 163 Å². The van der Waals surface area contributed by atoms with Crippen LogP contribution in [-0.2, 0) is 10.0 Å². The molecular weight excluding hydrogens is 378 g/mol. The molecule has 0 bridgehead atoms. The second-order valence-corrected chi connectivity index (χ2v) is 8.63. The summed E-state index contributed by atoms with van der Waals surface area (Å²) in [5, 5.41) is 3.96. The van der Waals surface area contributed by atoms with Gasteiger partial charge in [0.2, 0.25) is 10.0 Å². The van der Waals surface area contributed by atoms with E-state index in [1.807, 2.05) is 67.6 Å². The molecule has 0 heterocycles. The molecule has 4 aromatic rings. The van der Waals surface area contributed by atoms with Crippen molar-refractivity contribution in [1.29, 1.82) is 0 Å². The Morgan fingerprint density at radius 1 is 0.815 bits per heavy atom. The van der Waals surface area contributed by atoms with Crippen molar-refractivity contribution in [3.05, 3.63) is 89.4 Å². The van der Waals surface area contributed by atoms with E-state index in [1.54, 1.807) is 18.2 Å². The predicted octanol–water partition coefficient (Wildman–Crippen LogP) is 5.69. The molecule has 0 aliphatic carbocycles. The molecule has 0 amide bonds. The van der Waals surface area contributed by atoms with Crippen LogP contribution in [-0.4, -0.2) is 8.42 Å². The molecule has 4 aromatic carbocycles. The van der Waals surface area contributed by atoms with Gasteiger partial charge in [0, 0.05) is 16.5 Å². The number of halogens is 1. The first-order chi connectivity index (χ1) is 13.0. The zero-order valence-electron chi connectivity index (χ0n) is 14.7. The van der Waals surface area contributed by atoms with E-state index in [0.717, 1.165) is 21.7 Å². The average molecular weight is 396 g/mol. The molecule has 1 atom stereocenters. The van der Waals surface area contributed by atoms with E-state index in [4.69, 9.17) is 11.6 Å². The standard InChI is InChI=1S/C22H18ClNO2S/c1-15(18-13-12-16-6-2-3-7-19(16)14-18)24-27(25,26)21-11-5-9-17-8-4-10-20(23)22(17)21/h2-15,24H,1H3/t15-/m0/s1. The van der Waals surface area contributed by atoms with E-state index in [0.29, 0.717) is 10.4 Å². The Kier molecular flexibility index (Phi) is 4.64. The fourth-order valence-corrected chi connectivity index (χ4v) is 5.15. The van der Waals surface area contributed by atoms with Crippen molar-refractivity contribution in [2.24, 2.45) is 0 Å². The van der Waals surface area contributed by atoms with E-state index in [9.17, 15) is 8.42 Å². The van der Waals surface area contributed by atoms with E-state index in [-0.39, 0.29) is 10.9 Å². The second kappa shape index (κ2) is 6.97. The van der Waals surface area contributed by atoms with Crippen LogP contribution in [0.2, 0.25) is 5.02 Å². The first-order valence-electron chi connectivity index (χ1n) is 8.64. The summed E-state index contributed by atoms with van der Waals surface area (Å²) < 4.78 is 28.9. The highest BCUT2D eigenvalue weighted by molar-refractivity contribution is 7.89. The largest absolute Gasteiger partial charge is 0.241 e. The van der Waals surface area contributed by atoms with Gasteiger partial charge in [-0.1, -0.05) is 72.3 Å². The first kappa shape index (κ1) is 18.0. The Morgan fingerprint density at radius 3 is 2.26 bits per heavy atom. The minimum atomic E-state index is -3.74. The fourth-order valence-electron chi connectivity index (χ4n) is 3.33. The lowest BCUT2D eigenvalue weighted by Crippen LogP contribution is -2.27. The van der Waals surface area contributed by atoms with Crippen LogP contribution in [0.3, 0.4) is 0 Å². The molecule has 27 heavy (non-hydrogen) atoms. The summed E-state index contributed by atoms with van der Waals surface area (Å²) in [7, 11) is -3.74. The lowest BCUT2D eigenvalue weighted by molar-refractivity contribution is 0.568. The van der Waals surface area contributed by atoms with Gasteiger partial charge in [0.1, 0.15) is 0 Å². The van der Waals surface area contributed by atoms with Crippen LogP contribution in [0.25, 0.3) is 21.5 Å². The van der Waals surface area contributed by atoms with Crippen LogP contribution in [0.5, 0.6) is 0 Å². The maximum Gasteiger partial charge on any atom is 0.241 e. The molecule has 0 saturated heterocycles. The zero-order chi connectivity index (χ0) is 19.0. The Bertz CT molecular complexity index is 1250. The number of sulfonamides is 1. The van der Waals surface area contributed by atoms with Crippen molar-refractivity contribution >= 4 is 43.2 Å². The predicted molar refractivity (Wildman–Crippen MR) is 112 cm³/mol. The molecule has 0 radical (unpaired) electrons. The van der Waals surface area contributed by atoms with E-state index >= 15 is 0 Å². The third kappa shape index (κ3) is 3.44. The summed E-state index contributed by atoms with van der Waals surface area (Å²) in [6, 6.07) is 24.1. The fraction of sp³-hybridized carbons (Fsp3) is 0.0909. The van der Waals surface area contributed by atoms with Crippen LogP contribution in [0.15, 0.2) is 83.8 Å². The molecule has 0 spiro atoms. The number of rotatable bonds is 4. The number of fused-ring (bicyclic) bond motifs is 2. The molecular formula is C22H18ClNO2S. The van der Waals surface area contributed by atoms with Crippen LogP contribution >= 0.6 is 11.6 Å². The van der Waals surface area contributed by atoms with E-state index in [1.165, 1.54) is 0 Å². The van der Waals surface area contributed by atoms with Crippen molar-refractivity contribution in [1.82, 2.24) is 4.72 Å². The highest BCUT2D eigenvalue weighted by Gasteiger charge is 2.22. The third-order valence-electron chi connectivity index (χ3n) is 4.71. The van der Waals surface area contributed by atoms with Crippen LogP contribution < -0.4 is 4.72 Å². The minimum Gasteiger partial charge on any atom is -0.207 e. The van der Waals surface area contributed by atoms with Gasteiger partial charge in [-0.3, -0.25) is 0 Å². The molecule has 0 fully saturated rings. The smallest absolute Gasteiger partial charge is 0.207 e. The van der Waals surface area contributed by atoms with Crippen molar-refractivity contribution in [3.63, 3.8) is 0 Å². The lowest BCUT2D eigenvalue weighted by Gasteiger charge is -2.17. The first-order valence-corrected chi connectivity index (χ1v) is 10.5. The van der Waals surface area contributed by atoms with E-state index < -0.39 is 10.0 Å². The summed E-state index contributed by atoms with van der Waals surface area (Å²) >= 11 is 6.29. The number of hydrogen-bond acceptors (Lipinski definition) is 2. The van der Waals surface area contributed by atoms with Gasteiger partial charge in [0.15, 0.2) is 0 Å². The van der Waals surface area contributed by atoms with Gasteiger partial charge >= 0.3 is 0 Å². The van der Waals surface area contributed by atoms with Crippen molar-refractivity contribution in [2.45, 2.75) is 17.9 Å². The van der Waals surface area contributed by atoms with Gasteiger partial charge in [-0.15, -0.1) is 0 Å². The van der Waals surface area contributed by atoms with Gasteiger partial charge in [0.25, 0.3) is 0 Å². The summed E-state index contributed by atoms with van der Waals surface area (Å²) in [5.74, 6) is 0. The average Bonchev–Trinajstić information content (AvgIpc) is 2.67.